The minimum absolute atomic E-state index is 0.253. The van der Waals surface area contributed by atoms with E-state index in [9.17, 15) is 5.11 Å². The number of hydrogen-bond donors (Lipinski definition) is 1. The highest BCUT2D eigenvalue weighted by atomic mass is 32.1. The van der Waals surface area contributed by atoms with Crippen LogP contribution >= 0.6 is 11.3 Å². The topological polar surface area (TPSA) is 44.5 Å². The maximum atomic E-state index is 9.54. The van der Waals surface area contributed by atoms with Gasteiger partial charge in [-0.3, -0.25) is 14.5 Å². The number of thiophene rings is 1. The zero-order valence-electron chi connectivity index (χ0n) is 16.5. The summed E-state index contributed by atoms with van der Waals surface area (Å²) in [7, 11) is 0. The first kappa shape index (κ1) is 19.5. The van der Waals surface area contributed by atoms with Crippen molar-refractivity contribution in [3.63, 3.8) is 0 Å². The molecule has 0 spiro atoms. The van der Waals surface area contributed by atoms with Crippen LogP contribution < -0.4 is 0 Å². The summed E-state index contributed by atoms with van der Waals surface area (Å²) in [6, 6.07) is 5.14. The maximum absolute atomic E-state index is 9.54. The molecule has 0 unspecified atom stereocenters. The van der Waals surface area contributed by atoms with Crippen molar-refractivity contribution in [2.45, 2.75) is 59.3 Å². The van der Waals surface area contributed by atoms with Gasteiger partial charge >= 0.3 is 0 Å². The second-order valence-electron chi connectivity index (χ2n) is 7.64. The number of aromatic nitrogens is 2. The first-order valence-electron chi connectivity index (χ1n) is 9.63. The maximum Gasteiger partial charge on any atom is 0.0641 e. The number of aliphatic hydroxyl groups excluding tert-OH is 1. The minimum atomic E-state index is 0.253. The molecular formula is C20H32N4OS. The lowest BCUT2D eigenvalue weighted by atomic mass is 10.1. The largest absolute Gasteiger partial charge is 0.396 e. The molecule has 2 aromatic rings. The molecule has 144 valence electrons. The second-order valence-corrected chi connectivity index (χ2v) is 8.67. The fraction of sp³-hybridized carbons (Fsp3) is 0.650. The Hall–Kier alpha value is -1.21. The van der Waals surface area contributed by atoms with Crippen LogP contribution in [-0.4, -0.2) is 57.0 Å². The lowest BCUT2D eigenvalue weighted by Crippen LogP contribution is -2.52. The average molecular weight is 377 g/mol. The van der Waals surface area contributed by atoms with Crippen molar-refractivity contribution in [3.05, 3.63) is 39.3 Å². The number of aryl methyl sites for hydroxylation is 1. The summed E-state index contributed by atoms with van der Waals surface area (Å²) in [4.78, 5) is 6.48. The summed E-state index contributed by atoms with van der Waals surface area (Å²) in [5.41, 5.74) is 3.81. The van der Waals surface area contributed by atoms with Crippen LogP contribution in [0.3, 0.4) is 0 Å². The summed E-state index contributed by atoms with van der Waals surface area (Å²) in [5.74, 6) is 0. The number of hydrogen-bond acceptors (Lipinski definition) is 5. The smallest absolute Gasteiger partial charge is 0.0641 e. The highest BCUT2D eigenvalue weighted by molar-refractivity contribution is 7.09. The van der Waals surface area contributed by atoms with E-state index in [0.29, 0.717) is 12.1 Å². The molecule has 3 rings (SSSR count). The van der Waals surface area contributed by atoms with Crippen LogP contribution in [0.1, 0.15) is 48.1 Å². The van der Waals surface area contributed by atoms with Gasteiger partial charge in [-0.05, 0) is 45.6 Å². The van der Waals surface area contributed by atoms with Crippen LogP contribution in [0.2, 0.25) is 0 Å². The molecule has 1 aliphatic heterocycles. The van der Waals surface area contributed by atoms with E-state index in [4.69, 9.17) is 5.10 Å². The Morgan fingerprint density at radius 1 is 1.27 bits per heavy atom. The van der Waals surface area contributed by atoms with Gasteiger partial charge in [-0.2, -0.15) is 5.10 Å². The van der Waals surface area contributed by atoms with Gasteiger partial charge in [-0.25, -0.2) is 0 Å². The third-order valence-corrected chi connectivity index (χ3v) is 6.30. The zero-order valence-corrected chi connectivity index (χ0v) is 17.3. The molecule has 1 aliphatic rings. The molecule has 1 N–H and O–H groups in total. The third-order valence-electron chi connectivity index (χ3n) is 5.44. The van der Waals surface area contributed by atoms with E-state index < -0.39 is 0 Å². The Bertz CT molecular complexity index is 695. The van der Waals surface area contributed by atoms with Crippen molar-refractivity contribution in [1.29, 1.82) is 0 Å². The lowest BCUT2D eigenvalue weighted by molar-refractivity contribution is 0.0504. The number of aliphatic hydroxyl groups is 1. The van der Waals surface area contributed by atoms with Crippen LogP contribution in [0, 0.1) is 13.8 Å². The first-order valence-corrected chi connectivity index (χ1v) is 10.5. The summed E-state index contributed by atoms with van der Waals surface area (Å²) in [6.07, 6.45) is 0.838. The number of nitrogens with zero attached hydrogens (tertiary/aromatic N) is 4. The average Bonchev–Trinajstić information content (AvgIpc) is 3.20. The summed E-state index contributed by atoms with van der Waals surface area (Å²) >= 11 is 1.82. The van der Waals surface area contributed by atoms with E-state index in [2.05, 4.69) is 59.7 Å². The molecule has 2 aromatic heterocycles. The minimum Gasteiger partial charge on any atom is -0.396 e. The van der Waals surface area contributed by atoms with Gasteiger partial charge in [0.15, 0.2) is 0 Å². The van der Waals surface area contributed by atoms with Crippen LogP contribution in [0.4, 0.5) is 0 Å². The van der Waals surface area contributed by atoms with Gasteiger partial charge in [0.05, 0.1) is 5.69 Å². The molecule has 0 bridgehead atoms. The van der Waals surface area contributed by atoms with E-state index >= 15 is 0 Å². The SMILES string of the molecule is Cc1nn(C(C)C)c(C)c1CN1CCN(Cc2cccs2)[C@H](CCO)C1. The Balaban J connectivity index is 1.67. The van der Waals surface area contributed by atoms with E-state index in [1.807, 2.05) is 11.3 Å². The molecule has 0 radical (unpaired) electrons. The lowest BCUT2D eigenvalue weighted by Gasteiger charge is -2.41. The van der Waals surface area contributed by atoms with Gasteiger partial charge < -0.3 is 5.11 Å². The quantitative estimate of drug-likeness (QED) is 0.806. The number of rotatable bonds is 7. The van der Waals surface area contributed by atoms with Gasteiger partial charge in [0, 0.05) is 67.5 Å². The molecule has 1 fully saturated rings. The summed E-state index contributed by atoms with van der Waals surface area (Å²) in [6.45, 7) is 14.0. The molecule has 5 nitrogen and oxygen atoms in total. The van der Waals surface area contributed by atoms with Crippen molar-refractivity contribution in [2.75, 3.05) is 26.2 Å². The van der Waals surface area contributed by atoms with E-state index in [1.54, 1.807) is 0 Å². The summed E-state index contributed by atoms with van der Waals surface area (Å²) in [5, 5.41) is 16.4. The summed E-state index contributed by atoms with van der Waals surface area (Å²) < 4.78 is 2.14. The monoisotopic (exact) mass is 376 g/mol. The van der Waals surface area contributed by atoms with Gasteiger partial charge in [0.2, 0.25) is 0 Å². The van der Waals surface area contributed by atoms with Gasteiger partial charge in [-0.1, -0.05) is 6.07 Å². The predicted octanol–water partition coefficient (Wildman–Crippen LogP) is 3.21. The van der Waals surface area contributed by atoms with Gasteiger partial charge in [0.1, 0.15) is 0 Å². The molecule has 0 saturated carbocycles. The first-order chi connectivity index (χ1) is 12.5. The van der Waals surface area contributed by atoms with E-state index in [-0.39, 0.29) is 6.61 Å². The van der Waals surface area contributed by atoms with Crippen LogP contribution in [0.5, 0.6) is 0 Å². The molecule has 3 heterocycles. The van der Waals surface area contributed by atoms with Crippen molar-refractivity contribution < 1.29 is 5.11 Å². The zero-order chi connectivity index (χ0) is 18.7. The Kier molecular flexibility index (Phi) is 6.51. The van der Waals surface area contributed by atoms with Crippen molar-refractivity contribution in [2.24, 2.45) is 0 Å². The predicted molar refractivity (Wildman–Crippen MR) is 108 cm³/mol. The highest BCUT2D eigenvalue weighted by Gasteiger charge is 2.28. The molecule has 0 amide bonds. The number of piperazine rings is 1. The van der Waals surface area contributed by atoms with Crippen LogP contribution in [0.25, 0.3) is 0 Å². The molecule has 1 saturated heterocycles. The van der Waals surface area contributed by atoms with Crippen molar-refractivity contribution in [1.82, 2.24) is 19.6 Å². The normalized spacial score (nSPS) is 19.5. The Morgan fingerprint density at radius 2 is 2.08 bits per heavy atom. The standard InChI is InChI=1S/C20H32N4OS/c1-15(2)24-17(4)20(16(3)21-24)14-22-8-9-23(18(12-22)7-10-25)13-19-6-5-11-26-19/h5-6,11,15,18,25H,7-10,12-14H2,1-4H3/t18-/m1/s1. The van der Waals surface area contributed by atoms with Crippen LogP contribution in [0.15, 0.2) is 17.5 Å². The Morgan fingerprint density at radius 3 is 2.69 bits per heavy atom. The third kappa shape index (κ3) is 4.36. The molecule has 6 heteroatoms. The van der Waals surface area contributed by atoms with E-state index in [1.165, 1.54) is 16.1 Å². The molecular weight excluding hydrogens is 344 g/mol. The highest BCUT2D eigenvalue weighted by Crippen LogP contribution is 2.23. The van der Waals surface area contributed by atoms with Crippen molar-refractivity contribution in [3.8, 4) is 0 Å². The second kappa shape index (κ2) is 8.65. The van der Waals surface area contributed by atoms with Gasteiger partial charge in [-0.15, -0.1) is 11.3 Å². The molecule has 26 heavy (non-hydrogen) atoms. The Labute approximate surface area is 161 Å². The van der Waals surface area contributed by atoms with E-state index in [0.717, 1.165) is 44.8 Å². The van der Waals surface area contributed by atoms with Gasteiger partial charge in [0.25, 0.3) is 0 Å². The molecule has 0 aromatic carbocycles. The van der Waals surface area contributed by atoms with Crippen molar-refractivity contribution >= 4 is 11.3 Å². The van der Waals surface area contributed by atoms with Crippen LogP contribution in [-0.2, 0) is 13.1 Å². The molecule has 0 aliphatic carbocycles. The fourth-order valence-corrected chi connectivity index (χ4v) is 4.72. The fourth-order valence-electron chi connectivity index (χ4n) is 3.99. The molecule has 1 atom stereocenters.